The second kappa shape index (κ2) is 4.03. The topological polar surface area (TPSA) is 35.0 Å². The van der Waals surface area contributed by atoms with Crippen molar-refractivity contribution in [3.8, 4) is 5.75 Å². The van der Waals surface area contributed by atoms with Crippen LogP contribution in [0.15, 0.2) is 18.5 Å². The molecule has 15 heavy (non-hydrogen) atoms. The van der Waals surface area contributed by atoms with Crippen molar-refractivity contribution in [2.45, 2.75) is 13.3 Å². The van der Waals surface area contributed by atoms with Crippen LogP contribution in [0.25, 0.3) is 10.9 Å². The average molecular weight is 223 g/mol. The van der Waals surface area contributed by atoms with Gasteiger partial charge in [0, 0.05) is 11.5 Å². The maximum absolute atomic E-state index is 5.99. The fraction of sp³-hybridized carbons (Fsp3) is 0.273. The average Bonchev–Trinajstić information content (AvgIpc) is 2.28. The normalized spacial score (nSPS) is 10.6. The largest absolute Gasteiger partial charge is 0.496 e. The summed E-state index contributed by atoms with van der Waals surface area (Å²) in [5.41, 5.74) is 1.92. The highest BCUT2D eigenvalue weighted by molar-refractivity contribution is 6.34. The third kappa shape index (κ3) is 1.75. The lowest BCUT2D eigenvalue weighted by Gasteiger charge is -2.08. The lowest BCUT2D eigenvalue weighted by atomic mass is 10.1. The lowest BCUT2D eigenvalue weighted by molar-refractivity contribution is 0.410. The van der Waals surface area contributed by atoms with Gasteiger partial charge in [0.15, 0.2) is 0 Å². The van der Waals surface area contributed by atoms with Gasteiger partial charge in [0.05, 0.1) is 12.6 Å². The van der Waals surface area contributed by atoms with E-state index in [-0.39, 0.29) is 0 Å². The van der Waals surface area contributed by atoms with E-state index in [1.807, 2.05) is 12.1 Å². The molecule has 0 saturated heterocycles. The molecule has 0 spiro atoms. The Hall–Kier alpha value is -1.35. The van der Waals surface area contributed by atoms with Gasteiger partial charge in [-0.1, -0.05) is 18.5 Å². The molecule has 0 saturated carbocycles. The van der Waals surface area contributed by atoms with E-state index in [2.05, 4.69) is 16.9 Å². The van der Waals surface area contributed by atoms with Gasteiger partial charge in [-0.15, -0.1) is 0 Å². The molecule has 0 aliphatic carbocycles. The molecule has 1 aromatic carbocycles. The first kappa shape index (κ1) is 10.2. The lowest BCUT2D eigenvalue weighted by Crippen LogP contribution is -1.93. The van der Waals surface area contributed by atoms with E-state index in [0.29, 0.717) is 5.15 Å². The fourth-order valence-electron chi connectivity index (χ4n) is 1.56. The van der Waals surface area contributed by atoms with Crippen LogP contribution in [0.3, 0.4) is 0 Å². The molecule has 0 aliphatic heterocycles. The standard InChI is InChI=1S/C11H11ClN2O/c1-3-7-4-8-9(5-10(7)15-2)13-6-14-11(8)12/h4-6H,3H2,1-2H3. The van der Waals surface area contributed by atoms with Crippen LogP contribution in [-0.4, -0.2) is 17.1 Å². The molecule has 0 atom stereocenters. The zero-order valence-corrected chi connectivity index (χ0v) is 9.38. The molecule has 0 bridgehead atoms. The molecule has 78 valence electrons. The molecular weight excluding hydrogens is 212 g/mol. The third-order valence-corrected chi connectivity index (χ3v) is 2.67. The van der Waals surface area contributed by atoms with E-state index in [0.717, 1.165) is 28.6 Å². The Labute approximate surface area is 93.1 Å². The van der Waals surface area contributed by atoms with Crippen LogP contribution in [-0.2, 0) is 6.42 Å². The Morgan fingerprint density at radius 2 is 2.13 bits per heavy atom. The zero-order chi connectivity index (χ0) is 10.8. The van der Waals surface area contributed by atoms with E-state index in [9.17, 15) is 0 Å². The van der Waals surface area contributed by atoms with Gasteiger partial charge in [0.25, 0.3) is 0 Å². The molecule has 0 fully saturated rings. The summed E-state index contributed by atoms with van der Waals surface area (Å²) in [6.45, 7) is 2.07. The SMILES string of the molecule is CCc1cc2c(Cl)ncnc2cc1OC. The first-order chi connectivity index (χ1) is 7.26. The van der Waals surface area contributed by atoms with Gasteiger partial charge < -0.3 is 4.74 Å². The first-order valence-electron chi connectivity index (χ1n) is 4.73. The monoisotopic (exact) mass is 222 g/mol. The maximum atomic E-state index is 5.99. The summed E-state index contributed by atoms with van der Waals surface area (Å²) in [5.74, 6) is 0.847. The molecule has 2 aromatic rings. The van der Waals surface area contributed by atoms with Crippen molar-refractivity contribution >= 4 is 22.5 Å². The summed E-state index contributed by atoms with van der Waals surface area (Å²) >= 11 is 5.99. The highest BCUT2D eigenvalue weighted by Crippen LogP contribution is 2.28. The van der Waals surface area contributed by atoms with Crippen molar-refractivity contribution in [3.63, 3.8) is 0 Å². The smallest absolute Gasteiger partial charge is 0.140 e. The number of rotatable bonds is 2. The van der Waals surface area contributed by atoms with Gasteiger partial charge in [0.2, 0.25) is 0 Å². The highest BCUT2D eigenvalue weighted by atomic mass is 35.5. The first-order valence-corrected chi connectivity index (χ1v) is 5.11. The Bertz CT molecular complexity index is 499. The number of benzene rings is 1. The summed E-state index contributed by atoms with van der Waals surface area (Å²) in [6.07, 6.45) is 2.35. The molecule has 0 aliphatic rings. The Kier molecular flexibility index (Phi) is 2.73. The minimum Gasteiger partial charge on any atom is -0.496 e. The van der Waals surface area contributed by atoms with E-state index >= 15 is 0 Å². The van der Waals surface area contributed by atoms with Crippen LogP contribution in [0.5, 0.6) is 5.75 Å². The Balaban J connectivity index is 2.75. The predicted octanol–water partition coefficient (Wildman–Crippen LogP) is 2.85. The van der Waals surface area contributed by atoms with Crippen molar-refractivity contribution in [2.24, 2.45) is 0 Å². The van der Waals surface area contributed by atoms with E-state index in [4.69, 9.17) is 16.3 Å². The van der Waals surface area contributed by atoms with Crippen molar-refractivity contribution in [1.82, 2.24) is 9.97 Å². The number of aryl methyl sites for hydroxylation is 1. The number of aromatic nitrogens is 2. The summed E-state index contributed by atoms with van der Waals surface area (Å²) in [4.78, 5) is 8.10. The molecule has 4 heteroatoms. The number of methoxy groups -OCH3 is 1. The Morgan fingerprint density at radius 1 is 1.33 bits per heavy atom. The molecule has 1 aromatic heterocycles. The van der Waals surface area contributed by atoms with Gasteiger partial charge in [-0.25, -0.2) is 9.97 Å². The van der Waals surface area contributed by atoms with Gasteiger partial charge in [-0.05, 0) is 18.1 Å². The van der Waals surface area contributed by atoms with Gasteiger partial charge in [-0.3, -0.25) is 0 Å². The van der Waals surface area contributed by atoms with E-state index < -0.39 is 0 Å². The van der Waals surface area contributed by atoms with Gasteiger partial charge in [-0.2, -0.15) is 0 Å². The molecule has 3 nitrogen and oxygen atoms in total. The second-order valence-corrected chi connectivity index (χ2v) is 3.56. The van der Waals surface area contributed by atoms with E-state index in [1.165, 1.54) is 6.33 Å². The molecule has 0 radical (unpaired) electrons. The quantitative estimate of drug-likeness (QED) is 0.733. The number of hydrogen-bond donors (Lipinski definition) is 0. The summed E-state index contributed by atoms with van der Waals surface area (Å²) < 4.78 is 5.28. The van der Waals surface area contributed by atoms with Crippen LogP contribution < -0.4 is 4.74 Å². The van der Waals surface area contributed by atoms with Crippen LogP contribution in [0.1, 0.15) is 12.5 Å². The van der Waals surface area contributed by atoms with Gasteiger partial charge in [0.1, 0.15) is 17.2 Å². The third-order valence-electron chi connectivity index (χ3n) is 2.37. The number of hydrogen-bond acceptors (Lipinski definition) is 3. The molecule has 0 N–H and O–H groups in total. The molecule has 0 unspecified atom stereocenters. The van der Waals surface area contributed by atoms with Crippen LogP contribution in [0.4, 0.5) is 0 Å². The number of ether oxygens (including phenoxy) is 1. The van der Waals surface area contributed by atoms with E-state index in [1.54, 1.807) is 7.11 Å². The van der Waals surface area contributed by atoms with Crippen molar-refractivity contribution in [2.75, 3.05) is 7.11 Å². The summed E-state index contributed by atoms with van der Waals surface area (Å²) in [7, 11) is 1.66. The maximum Gasteiger partial charge on any atom is 0.140 e. The minimum absolute atomic E-state index is 0.484. The number of halogens is 1. The number of nitrogens with zero attached hydrogens (tertiary/aromatic N) is 2. The van der Waals surface area contributed by atoms with Crippen LogP contribution in [0, 0.1) is 0 Å². The molecular formula is C11H11ClN2O. The van der Waals surface area contributed by atoms with Crippen molar-refractivity contribution in [3.05, 3.63) is 29.2 Å². The number of fused-ring (bicyclic) bond motifs is 1. The minimum atomic E-state index is 0.484. The fourth-order valence-corrected chi connectivity index (χ4v) is 1.76. The zero-order valence-electron chi connectivity index (χ0n) is 8.62. The van der Waals surface area contributed by atoms with Crippen molar-refractivity contribution in [1.29, 1.82) is 0 Å². The summed E-state index contributed by atoms with van der Waals surface area (Å²) in [6, 6.07) is 3.87. The predicted molar refractivity (Wildman–Crippen MR) is 60.5 cm³/mol. The molecule has 0 amide bonds. The molecule has 1 heterocycles. The van der Waals surface area contributed by atoms with Crippen LogP contribution in [0.2, 0.25) is 5.15 Å². The van der Waals surface area contributed by atoms with Crippen LogP contribution >= 0.6 is 11.6 Å². The van der Waals surface area contributed by atoms with Crippen molar-refractivity contribution < 1.29 is 4.74 Å². The Morgan fingerprint density at radius 3 is 2.80 bits per heavy atom. The second-order valence-electron chi connectivity index (χ2n) is 3.20. The molecule has 2 rings (SSSR count). The summed E-state index contributed by atoms with van der Waals surface area (Å²) in [5, 5.41) is 1.36. The highest BCUT2D eigenvalue weighted by Gasteiger charge is 2.07. The van der Waals surface area contributed by atoms with Gasteiger partial charge >= 0.3 is 0 Å².